The summed E-state index contributed by atoms with van der Waals surface area (Å²) in [7, 11) is 0. The Kier molecular flexibility index (Phi) is 96.6. The van der Waals surface area contributed by atoms with Crippen LogP contribution in [0.2, 0.25) is 0 Å². The van der Waals surface area contributed by atoms with Crippen molar-refractivity contribution in [3.05, 3.63) is 0 Å². The van der Waals surface area contributed by atoms with Gasteiger partial charge in [0.2, 0.25) is 0 Å². The summed E-state index contributed by atoms with van der Waals surface area (Å²) >= 11 is 4.24. The molecule has 0 aliphatic carbocycles. The fourth-order valence-electron chi connectivity index (χ4n) is 2.66. The average molecular weight is 431 g/mol. The standard InChI is InChI=1S/C18H38S.ClH.6H2O/c1-2-3-4-5-6-7-8-9-10-11-12-13-14-15-16-17-18-19;;;;;;;/h19H,2-18H2,1H3;1H;6*1H2. The van der Waals surface area contributed by atoms with E-state index < -0.39 is 0 Å². The van der Waals surface area contributed by atoms with Gasteiger partial charge in [-0.2, -0.15) is 12.6 Å². The number of halogens is 1. The molecule has 12 N–H and O–H groups in total. The van der Waals surface area contributed by atoms with Crippen molar-refractivity contribution in [2.75, 3.05) is 5.75 Å². The van der Waals surface area contributed by atoms with E-state index in [2.05, 4.69) is 19.6 Å². The highest BCUT2D eigenvalue weighted by molar-refractivity contribution is 7.80. The quantitative estimate of drug-likeness (QED) is 0.278. The van der Waals surface area contributed by atoms with Crippen LogP contribution in [0.3, 0.4) is 0 Å². The first-order valence-corrected chi connectivity index (χ1v) is 9.66. The minimum absolute atomic E-state index is 0. The maximum Gasteiger partial charge on any atom is -0.00979 e. The molecule has 26 heavy (non-hydrogen) atoms. The van der Waals surface area contributed by atoms with Crippen LogP contribution in [-0.2, 0) is 0 Å². The number of thiol groups is 1. The highest BCUT2D eigenvalue weighted by Gasteiger charge is 1.94. The van der Waals surface area contributed by atoms with Crippen LogP contribution in [0.25, 0.3) is 0 Å². The predicted octanol–water partition coefficient (Wildman–Crippen LogP) is 2.65. The Bertz CT molecular complexity index is 155. The first-order valence-electron chi connectivity index (χ1n) is 9.02. The van der Waals surface area contributed by atoms with Crippen molar-refractivity contribution in [1.82, 2.24) is 0 Å². The van der Waals surface area contributed by atoms with Gasteiger partial charge in [0.15, 0.2) is 0 Å². The first-order chi connectivity index (χ1) is 9.41. The van der Waals surface area contributed by atoms with Gasteiger partial charge in [-0.05, 0) is 12.2 Å². The molecule has 0 radical (unpaired) electrons. The topological polar surface area (TPSA) is 189 Å². The summed E-state index contributed by atoms with van der Waals surface area (Å²) in [4.78, 5) is 0. The fourth-order valence-corrected chi connectivity index (χ4v) is 2.88. The lowest BCUT2D eigenvalue weighted by atomic mass is 10.0. The van der Waals surface area contributed by atoms with Crippen molar-refractivity contribution < 1.29 is 32.9 Å². The van der Waals surface area contributed by atoms with E-state index in [-0.39, 0.29) is 45.3 Å². The zero-order valence-corrected chi connectivity index (χ0v) is 18.6. The molecule has 0 aromatic heterocycles. The van der Waals surface area contributed by atoms with Gasteiger partial charge in [0.25, 0.3) is 0 Å². The zero-order chi connectivity index (χ0) is 14.0. The Labute approximate surface area is 173 Å². The molecule has 0 aromatic rings. The van der Waals surface area contributed by atoms with Gasteiger partial charge in [-0.3, -0.25) is 0 Å². The van der Waals surface area contributed by atoms with Gasteiger partial charge >= 0.3 is 0 Å². The molecule has 0 bridgehead atoms. The molecule has 0 spiro atoms. The summed E-state index contributed by atoms with van der Waals surface area (Å²) in [5.41, 5.74) is 0. The van der Waals surface area contributed by atoms with Crippen molar-refractivity contribution in [3.63, 3.8) is 0 Å². The van der Waals surface area contributed by atoms with Crippen LogP contribution in [0.4, 0.5) is 0 Å². The Morgan fingerprint density at radius 2 is 0.577 bits per heavy atom. The molecule has 0 rings (SSSR count). The normalized spacial score (nSPS) is 8.08. The lowest BCUT2D eigenvalue weighted by Gasteiger charge is -2.03. The number of hydrogen-bond donors (Lipinski definition) is 1. The van der Waals surface area contributed by atoms with Crippen molar-refractivity contribution in [2.24, 2.45) is 0 Å². The monoisotopic (exact) mass is 430 g/mol. The van der Waals surface area contributed by atoms with Crippen LogP contribution in [-0.4, -0.2) is 38.6 Å². The smallest absolute Gasteiger partial charge is 0.00979 e. The van der Waals surface area contributed by atoms with Crippen LogP contribution in [0.15, 0.2) is 0 Å². The third kappa shape index (κ3) is 49.7. The highest BCUT2D eigenvalue weighted by atomic mass is 35.5. The van der Waals surface area contributed by atoms with Crippen molar-refractivity contribution in [2.45, 2.75) is 110 Å². The summed E-state index contributed by atoms with van der Waals surface area (Å²) in [6.07, 6.45) is 23.1. The maximum atomic E-state index is 4.24. The van der Waals surface area contributed by atoms with Gasteiger partial charge in [0, 0.05) is 0 Å². The zero-order valence-electron chi connectivity index (χ0n) is 16.9. The molecule has 0 amide bonds. The molecule has 0 unspecified atom stereocenters. The van der Waals surface area contributed by atoms with Gasteiger partial charge in [-0.15, -0.1) is 12.4 Å². The van der Waals surface area contributed by atoms with Crippen LogP contribution in [0, 0.1) is 0 Å². The summed E-state index contributed by atoms with van der Waals surface area (Å²) in [5, 5.41) is 0. The van der Waals surface area contributed by atoms with E-state index in [0.29, 0.717) is 0 Å². The average Bonchev–Trinajstić information content (AvgIpc) is 2.43. The molecule has 8 heteroatoms. The fraction of sp³-hybridized carbons (Fsp3) is 1.00. The number of rotatable bonds is 16. The largest absolute Gasteiger partial charge is 0.412 e. The number of hydrogen-bond acceptors (Lipinski definition) is 1. The second kappa shape index (κ2) is 49.9. The second-order valence-electron chi connectivity index (χ2n) is 6.03. The van der Waals surface area contributed by atoms with Crippen molar-refractivity contribution in [3.8, 4) is 0 Å². The Balaban J connectivity index is -0.0000000771. The molecule has 0 saturated carbocycles. The highest BCUT2D eigenvalue weighted by Crippen LogP contribution is 2.13. The van der Waals surface area contributed by atoms with Gasteiger partial charge < -0.3 is 32.9 Å². The lowest BCUT2D eigenvalue weighted by molar-refractivity contribution is 0.532. The van der Waals surface area contributed by atoms with E-state index in [4.69, 9.17) is 0 Å². The summed E-state index contributed by atoms with van der Waals surface area (Å²) < 4.78 is 0. The van der Waals surface area contributed by atoms with E-state index in [9.17, 15) is 0 Å². The van der Waals surface area contributed by atoms with Crippen LogP contribution < -0.4 is 0 Å². The summed E-state index contributed by atoms with van der Waals surface area (Å²) in [5.74, 6) is 1.07. The van der Waals surface area contributed by atoms with Crippen molar-refractivity contribution in [1.29, 1.82) is 0 Å². The third-order valence-corrected chi connectivity index (χ3v) is 4.33. The van der Waals surface area contributed by atoms with Crippen molar-refractivity contribution >= 4 is 25.0 Å². The van der Waals surface area contributed by atoms with Crippen LogP contribution in [0.5, 0.6) is 0 Å². The molecule has 0 heterocycles. The summed E-state index contributed by atoms with van der Waals surface area (Å²) in [6.45, 7) is 2.29. The summed E-state index contributed by atoms with van der Waals surface area (Å²) in [6, 6.07) is 0. The Morgan fingerprint density at radius 1 is 0.385 bits per heavy atom. The van der Waals surface area contributed by atoms with Crippen LogP contribution >= 0.6 is 25.0 Å². The molecule has 6 nitrogen and oxygen atoms in total. The van der Waals surface area contributed by atoms with Gasteiger partial charge in [-0.25, -0.2) is 0 Å². The minimum Gasteiger partial charge on any atom is -0.412 e. The maximum absolute atomic E-state index is 4.24. The van der Waals surface area contributed by atoms with Crippen LogP contribution in [0.1, 0.15) is 110 Å². The van der Waals surface area contributed by atoms with E-state index >= 15 is 0 Å². The van der Waals surface area contributed by atoms with E-state index in [1.807, 2.05) is 0 Å². The Hall–Kier alpha value is 0.400. The molecule has 0 atom stereocenters. The first kappa shape index (κ1) is 50.3. The molecule has 0 fully saturated rings. The molecule has 172 valence electrons. The number of unbranched alkanes of at least 4 members (excludes halogenated alkanes) is 15. The SMILES string of the molecule is CCCCCCCCCCCCCCCCCCS.Cl.O.O.O.O.O.O. The third-order valence-electron chi connectivity index (χ3n) is 4.01. The molecular formula is C18H51ClO6S. The van der Waals surface area contributed by atoms with E-state index in [1.54, 1.807) is 0 Å². The molecule has 0 aliphatic heterocycles. The molecular weight excluding hydrogens is 380 g/mol. The van der Waals surface area contributed by atoms with E-state index in [1.165, 1.54) is 103 Å². The Morgan fingerprint density at radius 3 is 0.769 bits per heavy atom. The second-order valence-corrected chi connectivity index (χ2v) is 6.47. The van der Waals surface area contributed by atoms with Gasteiger partial charge in [0.05, 0.1) is 0 Å². The lowest BCUT2D eigenvalue weighted by Crippen LogP contribution is -1.83. The molecule has 0 aromatic carbocycles. The molecule has 0 aliphatic rings. The molecule has 0 saturated heterocycles. The van der Waals surface area contributed by atoms with Gasteiger partial charge in [-0.1, -0.05) is 103 Å². The minimum atomic E-state index is 0. The van der Waals surface area contributed by atoms with Gasteiger partial charge in [0.1, 0.15) is 0 Å². The predicted molar refractivity (Wildman–Crippen MR) is 122 cm³/mol. The van der Waals surface area contributed by atoms with E-state index in [0.717, 1.165) is 5.75 Å².